The lowest BCUT2D eigenvalue weighted by Crippen LogP contribution is -2.36. The second kappa shape index (κ2) is 7.90. The maximum atomic E-state index is 13.0. The van der Waals surface area contributed by atoms with Crippen LogP contribution in [0.5, 0.6) is 0 Å². The first-order valence-corrected chi connectivity index (χ1v) is 9.54. The van der Waals surface area contributed by atoms with Gasteiger partial charge in [-0.25, -0.2) is 9.97 Å². The minimum atomic E-state index is -0.407. The van der Waals surface area contributed by atoms with Gasteiger partial charge in [-0.05, 0) is 62.5 Å². The van der Waals surface area contributed by atoms with Crippen molar-refractivity contribution in [2.75, 3.05) is 18.4 Å². The predicted octanol–water partition coefficient (Wildman–Crippen LogP) is 2.35. The summed E-state index contributed by atoms with van der Waals surface area (Å²) >= 11 is 0. The van der Waals surface area contributed by atoms with E-state index in [0.717, 1.165) is 36.8 Å². The van der Waals surface area contributed by atoms with Crippen LogP contribution in [-0.2, 0) is 6.54 Å². The third-order valence-electron chi connectivity index (χ3n) is 5.25. The van der Waals surface area contributed by atoms with Crippen molar-refractivity contribution >= 4 is 22.5 Å². The molecule has 144 valence electrons. The van der Waals surface area contributed by atoms with E-state index >= 15 is 0 Å². The normalized spacial score (nSPS) is 16.8. The van der Waals surface area contributed by atoms with Gasteiger partial charge in [-0.2, -0.15) is 0 Å². The summed E-state index contributed by atoms with van der Waals surface area (Å²) in [5.41, 5.74) is 1.92. The van der Waals surface area contributed by atoms with E-state index in [9.17, 15) is 9.59 Å². The molecule has 0 bridgehead atoms. The number of anilines is 1. The molecule has 1 atom stereocenters. The highest BCUT2D eigenvalue weighted by Crippen LogP contribution is 2.21. The quantitative estimate of drug-likeness (QED) is 0.729. The van der Waals surface area contributed by atoms with E-state index in [1.807, 2.05) is 18.2 Å². The zero-order chi connectivity index (χ0) is 19.5. The minimum absolute atomic E-state index is 0.181. The number of rotatable bonds is 4. The van der Waals surface area contributed by atoms with E-state index < -0.39 is 5.91 Å². The van der Waals surface area contributed by atoms with Crippen LogP contribution in [0.4, 0.5) is 5.69 Å². The van der Waals surface area contributed by atoms with Crippen LogP contribution in [0, 0.1) is 12.8 Å². The topological polar surface area (TPSA) is 88.9 Å². The van der Waals surface area contributed by atoms with Crippen molar-refractivity contribution < 1.29 is 4.79 Å². The number of carbonyl (C=O) groups is 1. The van der Waals surface area contributed by atoms with E-state index in [0.29, 0.717) is 23.7 Å². The molecule has 2 aromatic heterocycles. The fourth-order valence-electron chi connectivity index (χ4n) is 3.74. The first-order chi connectivity index (χ1) is 13.6. The van der Waals surface area contributed by atoms with E-state index in [2.05, 4.69) is 20.6 Å². The molecule has 1 amide bonds. The number of amides is 1. The lowest BCUT2D eigenvalue weighted by atomic mass is 9.99. The molecule has 0 radical (unpaired) electrons. The van der Waals surface area contributed by atoms with Gasteiger partial charge in [0, 0.05) is 24.3 Å². The zero-order valence-corrected chi connectivity index (χ0v) is 15.8. The van der Waals surface area contributed by atoms with Gasteiger partial charge >= 0.3 is 0 Å². The number of hydrogen-bond donors (Lipinski definition) is 2. The van der Waals surface area contributed by atoms with E-state index in [1.165, 1.54) is 6.33 Å². The number of aryl methyl sites for hydroxylation is 1. The number of nitrogens with one attached hydrogen (secondary N) is 2. The highest BCUT2D eigenvalue weighted by Gasteiger charge is 2.19. The number of nitrogens with zero attached hydrogens (tertiary/aromatic N) is 3. The molecular weight excluding hydrogens is 354 g/mol. The van der Waals surface area contributed by atoms with E-state index in [1.54, 1.807) is 30.0 Å². The summed E-state index contributed by atoms with van der Waals surface area (Å²) in [6.45, 7) is 4.34. The van der Waals surface area contributed by atoms with Gasteiger partial charge in [0.05, 0.1) is 11.2 Å². The fourth-order valence-corrected chi connectivity index (χ4v) is 3.74. The summed E-state index contributed by atoms with van der Waals surface area (Å²) in [7, 11) is 0. The number of benzene rings is 1. The molecule has 3 heterocycles. The molecule has 1 unspecified atom stereocenters. The van der Waals surface area contributed by atoms with Crippen LogP contribution in [0.3, 0.4) is 0 Å². The van der Waals surface area contributed by atoms with Gasteiger partial charge in [0.2, 0.25) is 0 Å². The Kier molecular flexibility index (Phi) is 5.16. The second-order valence-electron chi connectivity index (χ2n) is 7.26. The number of hydrogen-bond acceptors (Lipinski definition) is 5. The summed E-state index contributed by atoms with van der Waals surface area (Å²) in [6.07, 6.45) is 7.11. The van der Waals surface area contributed by atoms with Crippen LogP contribution in [0.25, 0.3) is 10.9 Å². The summed E-state index contributed by atoms with van der Waals surface area (Å²) in [5, 5.41) is 6.97. The Hall–Kier alpha value is -3.06. The molecular formula is C21H23N5O2. The monoisotopic (exact) mass is 377 g/mol. The van der Waals surface area contributed by atoms with Gasteiger partial charge in [0.1, 0.15) is 11.9 Å². The molecule has 4 rings (SSSR count). The molecule has 1 aromatic carbocycles. The van der Waals surface area contributed by atoms with Gasteiger partial charge in [-0.3, -0.25) is 9.59 Å². The van der Waals surface area contributed by atoms with Gasteiger partial charge in [0.25, 0.3) is 11.5 Å². The molecule has 0 aliphatic carbocycles. The highest BCUT2D eigenvalue weighted by atomic mass is 16.2. The Bertz CT molecular complexity index is 1060. The standard InChI is InChI=1S/C21H23N5O2/c1-14-7-9-26(12-15-4-3-8-22-10-15)21(28)19(14)20(27)25-18-6-2-5-17-16(18)11-23-13-24-17/h2,5-7,9,11,13,15,22H,3-4,8,10,12H2,1H3,(H,25,27). The maximum Gasteiger partial charge on any atom is 0.263 e. The van der Waals surface area contributed by atoms with E-state index in [4.69, 9.17) is 0 Å². The number of pyridine rings is 1. The predicted molar refractivity (Wildman–Crippen MR) is 109 cm³/mol. The van der Waals surface area contributed by atoms with Crippen LogP contribution in [0.15, 0.2) is 47.8 Å². The zero-order valence-electron chi connectivity index (χ0n) is 15.8. The van der Waals surface area contributed by atoms with Crippen LogP contribution in [0.2, 0.25) is 0 Å². The summed E-state index contributed by atoms with van der Waals surface area (Å²) < 4.78 is 1.66. The molecule has 0 saturated carbocycles. The minimum Gasteiger partial charge on any atom is -0.321 e. The largest absolute Gasteiger partial charge is 0.321 e. The number of fused-ring (bicyclic) bond motifs is 1. The molecule has 28 heavy (non-hydrogen) atoms. The van der Waals surface area contributed by atoms with Gasteiger partial charge < -0.3 is 15.2 Å². The molecule has 7 heteroatoms. The highest BCUT2D eigenvalue weighted by molar-refractivity contribution is 6.09. The van der Waals surface area contributed by atoms with Crippen LogP contribution in [-0.4, -0.2) is 33.5 Å². The van der Waals surface area contributed by atoms with Crippen molar-refractivity contribution in [2.45, 2.75) is 26.3 Å². The molecule has 1 saturated heterocycles. The van der Waals surface area contributed by atoms with Gasteiger partial charge in [-0.1, -0.05) is 6.07 Å². The third kappa shape index (κ3) is 3.66. The average molecular weight is 377 g/mol. The van der Waals surface area contributed by atoms with E-state index in [-0.39, 0.29) is 11.1 Å². The van der Waals surface area contributed by atoms with Crippen molar-refractivity contribution in [1.82, 2.24) is 19.9 Å². The molecule has 1 aliphatic rings. The first kappa shape index (κ1) is 18.3. The molecule has 2 N–H and O–H groups in total. The average Bonchev–Trinajstić information content (AvgIpc) is 2.71. The Morgan fingerprint density at radius 3 is 3.07 bits per heavy atom. The van der Waals surface area contributed by atoms with Crippen molar-refractivity contribution in [3.05, 3.63) is 64.5 Å². The summed E-state index contributed by atoms with van der Waals surface area (Å²) in [5.74, 6) is -0.00439. The Balaban J connectivity index is 1.63. The molecule has 1 fully saturated rings. The number of aromatic nitrogens is 3. The van der Waals surface area contributed by atoms with Crippen LogP contribution in [0.1, 0.15) is 28.8 Å². The lowest BCUT2D eigenvalue weighted by molar-refractivity contribution is 0.102. The number of piperidine rings is 1. The molecule has 0 spiro atoms. The smallest absolute Gasteiger partial charge is 0.263 e. The second-order valence-corrected chi connectivity index (χ2v) is 7.26. The van der Waals surface area contributed by atoms with Crippen molar-refractivity contribution in [1.29, 1.82) is 0 Å². The lowest BCUT2D eigenvalue weighted by Gasteiger charge is -2.23. The van der Waals surface area contributed by atoms with Gasteiger partial charge in [0.15, 0.2) is 0 Å². The Morgan fingerprint density at radius 2 is 2.25 bits per heavy atom. The van der Waals surface area contributed by atoms with Gasteiger partial charge in [-0.15, -0.1) is 0 Å². The molecule has 7 nitrogen and oxygen atoms in total. The molecule has 3 aromatic rings. The van der Waals surface area contributed by atoms with Crippen LogP contribution >= 0.6 is 0 Å². The van der Waals surface area contributed by atoms with Crippen molar-refractivity contribution in [3.8, 4) is 0 Å². The summed E-state index contributed by atoms with van der Waals surface area (Å²) in [4.78, 5) is 34.2. The number of carbonyl (C=O) groups excluding carboxylic acids is 1. The Labute approximate surface area is 162 Å². The molecule has 1 aliphatic heterocycles. The van der Waals surface area contributed by atoms with Crippen molar-refractivity contribution in [3.63, 3.8) is 0 Å². The maximum absolute atomic E-state index is 13.0. The van der Waals surface area contributed by atoms with Crippen LogP contribution < -0.4 is 16.2 Å². The first-order valence-electron chi connectivity index (χ1n) is 9.54. The third-order valence-corrected chi connectivity index (χ3v) is 5.25. The fraction of sp³-hybridized carbons (Fsp3) is 0.333. The Morgan fingerprint density at radius 1 is 1.36 bits per heavy atom. The SMILES string of the molecule is Cc1ccn(CC2CCCNC2)c(=O)c1C(=O)Nc1cccc2ncncc12. The summed E-state index contributed by atoms with van der Waals surface area (Å²) in [6, 6.07) is 7.29. The van der Waals surface area contributed by atoms with Crippen molar-refractivity contribution in [2.24, 2.45) is 5.92 Å².